The van der Waals surface area contributed by atoms with E-state index in [-0.39, 0.29) is 12.0 Å². The molecule has 0 aliphatic heterocycles. The molecule has 1 aromatic rings. The summed E-state index contributed by atoms with van der Waals surface area (Å²) < 4.78 is 0. The summed E-state index contributed by atoms with van der Waals surface area (Å²) >= 11 is 5.89. The molecule has 0 aliphatic rings. The molecule has 1 N–H and O–H groups in total. The van der Waals surface area contributed by atoms with Crippen LogP contribution in [0.5, 0.6) is 0 Å². The van der Waals surface area contributed by atoms with Gasteiger partial charge < -0.3 is 10.0 Å². The van der Waals surface area contributed by atoms with E-state index in [1.165, 1.54) is 0 Å². The first-order chi connectivity index (χ1) is 7.33. The number of anilines is 1. The van der Waals surface area contributed by atoms with Gasteiger partial charge in [0, 0.05) is 25.4 Å². The molecule has 1 rings (SSSR count). The van der Waals surface area contributed by atoms with E-state index >= 15 is 0 Å². The van der Waals surface area contributed by atoms with Gasteiger partial charge in [-0.2, -0.15) is 0 Å². The molecule has 1 aromatic heterocycles. The van der Waals surface area contributed by atoms with E-state index in [0.29, 0.717) is 10.6 Å². The SMILES string of the molecule is CN(CC(C)(C)C)c1cc(CO)c(Cl)cn1. The first kappa shape index (κ1) is 13.3. The molecule has 0 fully saturated rings. The molecule has 0 saturated heterocycles. The summed E-state index contributed by atoms with van der Waals surface area (Å²) in [6.45, 7) is 7.36. The van der Waals surface area contributed by atoms with Crippen LogP contribution in [-0.4, -0.2) is 23.7 Å². The molecular weight excluding hydrogens is 224 g/mol. The standard InChI is InChI=1S/C12H19ClN2O/c1-12(2,3)8-15(4)11-5-9(7-16)10(13)6-14-11/h5-6,16H,7-8H2,1-4H3. The van der Waals surface area contributed by atoms with E-state index in [9.17, 15) is 0 Å². The molecule has 0 bridgehead atoms. The number of aliphatic hydroxyl groups excluding tert-OH is 1. The van der Waals surface area contributed by atoms with Crippen LogP contribution in [0.1, 0.15) is 26.3 Å². The second-order valence-corrected chi connectivity index (χ2v) is 5.62. The van der Waals surface area contributed by atoms with E-state index in [4.69, 9.17) is 16.7 Å². The molecule has 16 heavy (non-hydrogen) atoms. The maximum atomic E-state index is 9.13. The summed E-state index contributed by atoms with van der Waals surface area (Å²) in [5.74, 6) is 0.836. The molecule has 1 heterocycles. The van der Waals surface area contributed by atoms with Crippen LogP contribution in [0, 0.1) is 5.41 Å². The zero-order valence-corrected chi connectivity index (χ0v) is 11.0. The van der Waals surface area contributed by atoms with E-state index in [0.717, 1.165) is 12.4 Å². The van der Waals surface area contributed by atoms with E-state index in [1.807, 2.05) is 13.1 Å². The number of nitrogens with zero attached hydrogens (tertiary/aromatic N) is 2. The first-order valence-corrected chi connectivity index (χ1v) is 5.68. The van der Waals surface area contributed by atoms with Gasteiger partial charge in [0.05, 0.1) is 11.6 Å². The maximum absolute atomic E-state index is 9.13. The van der Waals surface area contributed by atoms with Crippen molar-refractivity contribution in [1.82, 2.24) is 4.98 Å². The molecule has 0 atom stereocenters. The van der Waals surface area contributed by atoms with Gasteiger partial charge in [-0.3, -0.25) is 0 Å². The van der Waals surface area contributed by atoms with Gasteiger partial charge in [0.25, 0.3) is 0 Å². The zero-order chi connectivity index (χ0) is 12.3. The molecule has 0 aromatic carbocycles. The number of aliphatic hydroxyl groups is 1. The fraction of sp³-hybridized carbons (Fsp3) is 0.583. The second kappa shape index (κ2) is 5.02. The zero-order valence-electron chi connectivity index (χ0n) is 10.3. The van der Waals surface area contributed by atoms with Crippen LogP contribution in [0.15, 0.2) is 12.3 Å². The normalized spacial score (nSPS) is 11.6. The van der Waals surface area contributed by atoms with Crippen molar-refractivity contribution in [2.24, 2.45) is 5.41 Å². The third-order valence-electron chi connectivity index (χ3n) is 2.19. The van der Waals surface area contributed by atoms with Crippen molar-refractivity contribution in [3.05, 3.63) is 22.8 Å². The van der Waals surface area contributed by atoms with Crippen molar-refractivity contribution in [1.29, 1.82) is 0 Å². The number of aromatic nitrogens is 1. The summed E-state index contributed by atoms with van der Waals surface area (Å²) in [5, 5.41) is 9.64. The highest BCUT2D eigenvalue weighted by atomic mass is 35.5. The van der Waals surface area contributed by atoms with Crippen molar-refractivity contribution in [2.75, 3.05) is 18.5 Å². The van der Waals surface area contributed by atoms with Gasteiger partial charge in [-0.15, -0.1) is 0 Å². The van der Waals surface area contributed by atoms with Gasteiger partial charge in [0.15, 0.2) is 0 Å². The van der Waals surface area contributed by atoms with Crippen molar-refractivity contribution in [3.63, 3.8) is 0 Å². The van der Waals surface area contributed by atoms with Gasteiger partial charge in [0.1, 0.15) is 5.82 Å². The van der Waals surface area contributed by atoms with Gasteiger partial charge in [-0.1, -0.05) is 32.4 Å². The fourth-order valence-electron chi connectivity index (χ4n) is 1.59. The molecule has 0 spiro atoms. The second-order valence-electron chi connectivity index (χ2n) is 5.21. The van der Waals surface area contributed by atoms with Crippen LogP contribution in [0.25, 0.3) is 0 Å². The smallest absolute Gasteiger partial charge is 0.128 e. The molecule has 0 unspecified atom stereocenters. The molecule has 90 valence electrons. The molecule has 0 amide bonds. The molecular formula is C12H19ClN2O. The Morgan fingerprint density at radius 2 is 2.06 bits per heavy atom. The lowest BCUT2D eigenvalue weighted by molar-refractivity contribution is 0.282. The maximum Gasteiger partial charge on any atom is 0.128 e. The van der Waals surface area contributed by atoms with Crippen molar-refractivity contribution < 1.29 is 5.11 Å². The van der Waals surface area contributed by atoms with Gasteiger partial charge in [-0.25, -0.2) is 4.98 Å². The Morgan fingerprint density at radius 3 is 2.56 bits per heavy atom. The Balaban J connectivity index is 2.88. The molecule has 0 saturated carbocycles. The number of pyridine rings is 1. The van der Waals surface area contributed by atoms with Crippen LogP contribution in [-0.2, 0) is 6.61 Å². The Labute approximate surface area is 102 Å². The minimum Gasteiger partial charge on any atom is -0.392 e. The highest BCUT2D eigenvalue weighted by Gasteiger charge is 2.15. The van der Waals surface area contributed by atoms with Gasteiger partial charge in [0.2, 0.25) is 0 Å². The minimum atomic E-state index is -0.0578. The minimum absolute atomic E-state index is 0.0578. The van der Waals surface area contributed by atoms with Crippen LogP contribution >= 0.6 is 11.6 Å². The largest absolute Gasteiger partial charge is 0.392 e. The average molecular weight is 243 g/mol. The van der Waals surface area contributed by atoms with Crippen LogP contribution < -0.4 is 4.90 Å². The van der Waals surface area contributed by atoms with E-state index in [1.54, 1.807) is 6.20 Å². The highest BCUT2D eigenvalue weighted by molar-refractivity contribution is 6.31. The molecule has 0 radical (unpaired) electrons. The van der Waals surface area contributed by atoms with Crippen LogP contribution in [0.2, 0.25) is 5.02 Å². The summed E-state index contributed by atoms with van der Waals surface area (Å²) in [6.07, 6.45) is 1.58. The molecule has 0 aliphatic carbocycles. The van der Waals surface area contributed by atoms with Gasteiger partial charge >= 0.3 is 0 Å². The first-order valence-electron chi connectivity index (χ1n) is 5.30. The predicted molar refractivity (Wildman–Crippen MR) is 67.9 cm³/mol. The fourth-order valence-corrected chi connectivity index (χ4v) is 1.75. The van der Waals surface area contributed by atoms with Crippen molar-refractivity contribution >= 4 is 17.4 Å². The summed E-state index contributed by atoms with van der Waals surface area (Å²) in [6, 6.07) is 1.83. The predicted octanol–water partition coefficient (Wildman–Crippen LogP) is 2.71. The van der Waals surface area contributed by atoms with Crippen LogP contribution in [0.4, 0.5) is 5.82 Å². The number of rotatable bonds is 3. The Kier molecular flexibility index (Phi) is 4.16. The average Bonchev–Trinajstić information content (AvgIpc) is 2.15. The summed E-state index contributed by atoms with van der Waals surface area (Å²) in [5.41, 5.74) is 0.919. The lowest BCUT2D eigenvalue weighted by atomic mass is 9.96. The van der Waals surface area contributed by atoms with Gasteiger partial charge in [-0.05, 0) is 11.5 Å². The lowest BCUT2D eigenvalue weighted by Gasteiger charge is -2.27. The summed E-state index contributed by atoms with van der Waals surface area (Å²) in [4.78, 5) is 6.32. The van der Waals surface area contributed by atoms with Crippen molar-refractivity contribution in [2.45, 2.75) is 27.4 Å². The third-order valence-corrected chi connectivity index (χ3v) is 2.53. The Morgan fingerprint density at radius 1 is 1.44 bits per heavy atom. The quantitative estimate of drug-likeness (QED) is 0.886. The topological polar surface area (TPSA) is 36.4 Å². The molecule has 4 heteroatoms. The molecule has 3 nitrogen and oxygen atoms in total. The Bertz CT molecular complexity index is 361. The number of halogens is 1. The lowest BCUT2D eigenvalue weighted by Crippen LogP contribution is -2.29. The highest BCUT2D eigenvalue weighted by Crippen LogP contribution is 2.22. The third kappa shape index (κ3) is 3.65. The van der Waals surface area contributed by atoms with E-state index < -0.39 is 0 Å². The number of hydrogen-bond donors (Lipinski definition) is 1. The van der Waals surface area contributed by atoms with Crippen molar-refractivity contribution in [3.8, 4) is 0 Å². The van der Waals surface area contributed by atoms with E-state index in [2.05, 4.69) is 30.7 Å². The summed E-state index contributed by atoms with van der Waals surface area (Å²) in [7, 11) is 1.99. The number of hydrogen-bond acceptors (Lipinski definition) is 3. The van der Waals surface area contributed by atoms with Crippen LogP contribution in [0.3, 0.4) is 0 Å². The Hall–Kier alpha value is -0.800. The monoisotopic (exact) mass is 242 g/mol.